The smallest absolute Gasteiger partial charge is 0.310 e. The Bertz CT molecular complexity index is 1250. The molecule has 0 aliphatic carbocycles. The Hall–Kier alpha value is -3.69. The molecule has 38 heavy (non-hydrogen) atoms. The van der Waals surface area contributed by atoms with Crippen LogP contribution in [-0.4, -0.2) is 70.4 Å². The fourth-order valence-corrected chi connectivity index (χ4v) is 6.75. The van der Waals surface area contributed by atoms with E-state index in [0.29, 0.717) is 29.8 Å². The van der Waals surface area contributed by atoms with Gasteiger partial charge in [-0.3, -0.25) is 14.4 Å². The second-order valence-electron chi connectivity index (χ2n) is 10.4. The van der Waals surface area contributed by atoms with Crippen LogP contribution >= 0.6 is 0 Å². The highest BCUT2D eigenvalue weighted by Crippen LogP contribution is 2.64. The molecule has 2 aromatic carbocycles. The number of carboxylic acids is 1. The van der Waals surface area contributed by atoms with Crippen LogP contribution in [0.3, 0.4) is 0 Å². The number of ether oxygens (including phenoxy) is 2. The predicted molar refractivity (Wildman–Crippen MR) is 139 cm³/mol. The van der Waals surface area contributed by atoms with Crippen molar-refractivity contribution in [1.82, 2.24) is 4.90 Å². The molecule has 6 atom stereocenters. The van der Waals surface area contributed by atoms with Gasteiger partial charge in [0, 0.05) is 12.2 Å². The van der Waals surface area contributed by atoms with E-state index in [2.05, 4.69) is 6.58 Å². The van der Waals surface area contributed by atoms with E-state index in [1.54, 1.807) is 68.6 Å². The van der Waals surface area contributed by atoms with Crippen molar-refractivity contribution in [1.29, 1.82) is 0 Å². The molecule has 3 aliphatic rings. The van der Waals surface area contributed by atoms with E-state index in [1.807, 2.05) is 6.07 Å². The van der Waals surface area contributed by atoms with Gasteiger partial charge in [0.05, 0.1) is 37.2 Å². The summed E-state index contributed by atoms with van der Waals surface area (Å²) in [6.45, 7) is 5.23. The van der Waals surface area contributed by atoms with E-state index in [9.17, 15) is 24.6 Å². The lowest BCUT2D eigenvalue weighted by Gasteiger charge is -2.39. The number of carbonyl (C=O) groups is 3. The number of aliphatic hydroxyl groups excluding tert-OH is 1. The van der Waals surface area contributed by atoms with Gasteiger partial charge in [-0.1, -0.05) is 36.4 Å². The van der Waals surface area contributed by atoms with E-state index in [0.717, 1.165) is 0 Å². The summed E-state index contributed by atoms with van der Waals surface area (Å²) in [5.41, 5.74) is -1.19. The Kier molecular flexibility index (Phi) is 6.53. The molecule has 0 aromatic heterocycles. The van der Waals surface area contributed by atoms with Crippen molar-refractivity contribution in [3.8, 4) is 5.75 Å². The molecule has 2 N–H and O–H groups in total. The maximum Gasteiger partial charge on any atom is 0.310 e. The lowest BCUT2D eigenvalue weighted by Crippen LogP contribution is -2.57. The number of benzene rings is 2. The number of rotatable bonds is 9. The van der Waals surface area contributed by atoms with Gasteiger partial charge >= 0.3 is 5.97 Å². The van der Waals surface area contributed by atoms with E-state index in [4.69, 9.17) is 9.47 Å². The molecule has 0 radical (unpaired) electrons. The van der Waals surface area contributed by atoms with Gasteiger partial charge < -0.3 is 29.5 Å². The molecule has 3 fully saturated rings. The SMILES string of the molecule is C=CCN(C(=O)C1N([C@H](CO)c2ccccc2)C(=O)[C@@H]2[C@@H](C(=O)O)[C@@]3(C)CCC12O3)c1ccc(OC)cc1. The van der Waals surface area contributed by atoms with Crippen LogP contribution in [0.1, 0.15) is 31.4 Å². The Labute approximate surface area is 221 Å². The quantitative estimate of drug-likeness (QED) is 0.489. The van der Waals surface area contributed by atoms with Crippen molar-refractivity contribution in [2.24, 2.45) is 11.8 Å². The summed E-state index contributed by atoms with van der Waals surface area (Å²) in [6.07, 6.45) is 2.35. The molecule has 2 bridgehead atoms. The zero-order valence-electron chi connectivity index (χ0n) is 21.4. The van der Waals surface area contributed by atoms with Gasteiger partial charge in [-0.25, -0.2) is 0 Å². The fourth-order valence-electron chi connectivity index (χ4n) is 6.75. The highest BCUT2D eigenvalue weighted by Gasteiger charge is 2.79. The van der Waals surface area contributed by atoms with Crippen LogP contribution < -0.4 is 9.64 Å². The van der Waals surface area contributed by atoms with Gasteiger partial charge in [-0.2, -0.15) is 0 Å². The van der Waals surface area contributed by atoms with Gasteiger partial charge in [0.2, 0.25) is 5.91 Å². The van der Waals surface area contributed by atoms with Crippen molar-refractivity contribution in [3.63, 3.8) is 0 Å². The Balaban J connectivity index is 1.66. The van der Waals surface area contributed by atoms with Gasteiger partial charge in [0.25, 0.3) is 5.91 Å². The topological polar surface area (TPSA) is 117 Å². The molecule has 5 rings (SSSR count). The molecule has 9 nitrogen and oxygen atoms in total. The first kappa shape index (κ1) is 25.9. The van der Waals surface area contributed by atoms with E-state index in [1.165, 1.54) is 9.80 Å². The third-order valence-corrected chi connectivity index (χ3v) is 8.37. The minimum absolute atomic E-state index is 0.152. The zero-order valence-corrected chi connectivity index (χ0v) is 21.4. The number of carbonyl (C=O) groups excluding carboxylic acids is 2. The number of hydrogen-bond acceptors (Lipinski definition) is 6. The first-order valence-electron chi connectivity index (χ1n) is 12.7. The number of carboxylic acid groups (broad SMARTS) is 1. The van der Waals surface area contributed by atoms with Gasteiger partial charge in [-0.15, -0.1) is 6.58 Å². The third kappa shape index (κ3) is 3.72. The predicted octanol–water partition coefficient (Wildman–Crippen LogP) is 2.80. The summed E-state index contributed by atoms with van der Waals surface area (Å²) >= 11 is 0. The summed E-state index contributed by atoms with van der Waals surface area (Å²) in [6, 6.07) is 13.9. The number of likely N-dealkylation sites (tertiary alicyclic amines) is 1. The number of methoxy groups -OCH3 is 1. The molecule has 0 saturated carbocycles. The van der Waals surface area contributed by atoms with Crippen molar-refractivity contribution in [2.75, 3.05) is 25.2 Å². The summed E-state index contributed by atoms with van der Waals surface area (Å²) in [4.78, 5) is 44.1. The molecule has 200 valence electrons. The van der Waals surface area contributed by atoms with Crippen LogP contribution in [0.2, 0.25) is 0 Å². The Morgan fingerprint density at radius 1 is 1.21 bits per heavy atom. The Morgan fingerprint density at radius 2 is 1.89 bits per heavy atom. The van der Waals surface area contributed by atoms with E-state index in [-0.39, 0.29) is 6.54 Å². The molecule has 3 heterocycles. The van der Waals surface area contributed by atoms with Gasteiger partial charge in [-0.05, 0) is 49.6 Å². The molecular formula is C29H32N2O7. The number of fused-ring (bicyclic) bond motifs is 1. The minimum atomic E-state index is -1.33. The van der Waals surface area contributed by atoms with Crippen molar-refractivity contribution >= 4 is 23.5 Å². The number of aliphatic carboxylic acids is 1. The molecule has 2 unspecified atom stereocenters. The van der Waals surface area contributed by atoms with Gasteiger partial charge in [0.15, 0.2) is 0 Å². The second kappa shape index (κ2) is 9.56. The molecule has 2 aromatic rings. The number of hydrogen-bond donors (Lipinski definition) is 2. The van der Waals surface area contributed by atoms with Crippen molar-refractivity contribution in [2.45, 2.75) is 43.1 Å². The first-order chi connectivity index (χ1) is 18.2. The number of aliphatic hydroxyl groups is 1. The highest BCUT2D eigenvalue weighted by molar-refractivity contribution is 6.05. The monoisotopic (exact) mass is 520 g/mol. The van der Waals surface area contributed by atoms with Gasteiger partial charge in [0.1, 0.15) is 17.4 Å². The summed E-state index contributed by atoms with van der Waals surface area (Å²) in [5.74, 6) is -3.57. The third-order valence-electron chi connectivity index (χ3n) is 8.37. The largest absolute Gasteiger partial charge is 0.497 e. The van der Waals surface area contributed by atoms with Crippen LogP contribution in [0.5, 0.6) is 5.75 Å². The molecule has 3 saturated heterocycles. The van der Waals surface area contributed by atoms with E-state index < -0.39 is 59.5 Å². The van der Waals surface area contributed by atoms with Crippen LogP contribution in [0.15, 0.2) is 67.3 Å². The Morgan fingerprint density at radius 3 is 2.47 bits per heavy atom. The standard InChI is InChI=1S/C29H32N2O7/c1-4-16-30(19-10-12-20(37-3)13-11-19)26(34)24-29-15-14-28(2,38-29)23(27(35)36)22(29)25(33)31(24)21(17-32)18-8-6-5-7-9-18/h4-13,21-24,32H,1,14-17H2,2-3H3,(H,35,36)/t21-,22+,23+,24?,28-,29?/m1/s1. The van der Waals surface area contributed by atoms with Crippen molar-refractivity contribution in [3.05, 3.63) is 72.8 Å². The second-order valence-corrected chi connectivity index (χ2v) is 10.4. The summed E-state index contributed by atoms with van der Waals surface area (Å²) < 4.78 is 11.7. The number of nitrogens with zero attached hydrogens (tertiary/aromatic N) is 2. The summed E-state index contributed by atoms with van der Waals surface area (Å²) in [5, 5.41) is 20.7. The average Bonchev–Trinajstić information content (AvgIpc) is 3.49. The molecule has 9 heteroatoms. The van der Waals surface area contributed by atoms with Crippen molar-refractivity contribution < 1.29 is 34.1 Å². The van der Waals surface area contributed by atoms with Crippen LogP contribution in [0.4, 0.5) is 5.69 Å². The van der Waals surface area contributed by atoms with Crippen LogP contribution in [0, 0.1) is 11.8 Å². The minimum Gasteiger partial charge on any atom is -0.497 e. The first-order valence-corrected chi connectivity index (χ1v) is 12.7. The number of amides is 2. The lowest BCUT2D eigenvalue weighted by molar-refractivity contribution is -0.155. The molecule has 3 aliphatic heterocycles. The molecule has 2 amide bonds. The maximum absolute atomic E-state index is 14.5. The lowest BCUT2D eigenvalue weighted by atomic mass is 9.66. The van der Waals surface area contributed by atoms with Crippen LogP contribution in [-0.2, 0) is 19.1 Å². The highest BCUT2D eigenvalue weighted by atomic mass is 16.5. The zero-order chi connectivity index (χ0) is 27.2. The van der Waals surface area contributed by atoms with E-state index >= 15 is 0 Å². The van der Waals surface area contributed by atoms with Crippen LogP contribution in [0.25, 0.3) is 0 Å². The normalized spacial score (nSPS) is 30.1. The maximum atomic E-state index is 14.5. The molecular weight excluding hydrogens is 488 g/mol. The molecule has 1 spiro atoms. The average molecular weight is 521 g/mol. The summed E-state index contributed by atoms with van der Waals surface area (Å²) in [7, 11) is 1.55. The fraction of sp³-hybridized carbons (Fsp3) is 0.414. The number of anilines is 1.